The number of aromatic nitrogens is 8. The molecule has 23 heteroatoms. The molecular formula is C56H60N14O9. The summed E-state index contributed by atoms with van der Waals surface area (Å²) in [5.74, 6) is -1.96. The van der Waals surface area contributed by atoms with Gasteiger partial charge in [0.2, 0.25) is 5.91 Å². The molecule has 2 aliphatic heterocycles. The molecule has 0 atom stereocenters. The van der Waals surface area contributed by atoms with Gasteiger partial charge in [-0.3, -0.25) is 33.6 Å². The highest BCUT2D eigenvalue weighted by Crippen LogP contribution is 2.36. The summed E-state index contributed by atoms with van der Waals surface area (Å²) < 4.78 is 10.9. The van der Waals surface area contributed by atoms with Crippen LogP contribution in [0.25, 0.3) is 44.6 Å². The Bertz CT molecular complexity index is 3460. The van der Waals surface area contributed by atoms with Crippen LogP contribution in [0.5, 0.6) is 11.5 Å². The van der Waals surface area contributed by atoms with Crippen LogP contribution in [0.15, 0.2) is 110 Å². The van der Waals surface area contributed by atoms with Gasteiger partial charge in [0.1, 0.15) is 40.1 Å². The Hall–Kier alpha value is -9.93. The second-order valence-corrected chi connectivity index (χ2v) is 17.1. The van der Waals surface area contributed by atoms with Gasteiger partial charge in [0.05, 0.1) is 84.3 Å². The summed E-state index contributed by atoms with van der Waals surface area (Å²) in [6, 6.07) is 17.9. The lowest BCUT2D eigenvalue weighted by atomic mass is 10.1. The lowest BCUT2D eigenvalue weighted by molar-refractivity contribution is -0.128. The van der Waals surface area contributed by atoms with Crippen molar-refractivity contribution in [1.82, 2.24) is 59.5 Å². The minimum atomic E-state index is -0.702. The number of fused-ring (bicyclic) bond motifs is 2. The SMILES string of the molecule is CC.CC.COc1cnc(-c2cnc(N)cn2)c2[nH]cc(C(=O)C(=O)N3CCN(C(=O)c4ccccc4)CC3)c12.COc1cnc(-c2cnc(NC(C)=O)cn2)c2[nH]cc(C(=O)C(=O)N3CCN(C(=O)c4ccccc4)CC3)c12. The van der Waals surface area contributed by atoms with Crippen molar-refractivity contribution in [3.05, 3.63) is 132 Å². The smallest absolute Gasteiger partial charge is 0.295 e. The standard InChI is InChI=1S/C27H25N7O5.C25H23N7O4.2C2H6/c1-16(35)32-21-15-28-19(13-29-21)23-24-22(20(39-2)14-31-23)18(12-30-24)25(36)27(38)34-10-8-33(9-11-34)26(37)17-6-4-3-5-7-17;1-36-18-13-30-21(17-12-28-19(26)14-27-17)22-20(18)16(11-29-22)23(33)25(35)32-9-7-31(8-10-32)24(34)15-5-3-2-4-6-15;2*1-2/h3-7,12-15,30H,8-11H2,1-2H3,(H,29,32,35);2-6,11-14,29H,7-10H2,1H3,(H2,26,28);2*1-2H3. The minimum absolute atomic E-state index is 0.0961. The van der Waals surface area contributed by atoms with Crippen molar-refractivity contribution in [3.63, 3.8) is 0 Å². The van der Waals surface area contributed by atoms with Gasteiger partial charge in [-0.05, 0) is 24.3 Å². The van der Waals surface area contributed by atoms with E-state index in [1.807, 2.05) is 52.0 Å². The number of ether oxygens (including phenoxy) is 2. The maximum absolute atomic E-state index is 13.4. The molecule has 5 N–H and O–H groups in total. The van der Waals surface area contributed by atoms with Crippen molar-refractivity contribution < 1.29 is 43.0 Å². The fraction of sp³-hybridized carbons (Fsp3) is 0.268. The summed E-state index contributed by atoms with van der Waals surface area (Å²) in [6.07, 6.45) is 11.6. The predicted octanol–water partition coefficient (Wildman–Crippen LogP) is 5.98. The Morgan fingerprint density at radius 1 is 0.506 bits per heavy atom. The molecule has 0 spiro atoms. The highest BCUT2D eigenvalue weighted by molar-refractivity contribution is 6.46. The Morgan fingerprint density at radius 2 is 0.899 bits per heavy atom. The summed E-state index contributed by atoms with van der Waals surface area (Å²) in [4.78, 5) is 128. The van der Waals surface area contributed by atoms with Crippen LogP contribution < -0.4 is 20.5 Å². The maximum Gasteiger partial charge on any atom is 0.295 e. The van der Waals surface area contributed by atoms with Gasteiger partial charge < -0.3 is 50.1 Å². The molecule has 79 heavy (non-hydrogen) atoms. The van der Waals surface area contributed by atoms with Crippen molar-refractivity contribution in [2.75, 3.05) is 77.6 Å². The summed E-state index contributed by atoms with van der Waals surface area (Å²) in [7, 11) is 2.91. The van der Waals surface area contributed by atoms with Crippen LogP contribution >= 0.6 is 0 Å². The van der Waals surface area contributed by atoms with E-state index >= 15 is 0 Å². The Balaban J connectivity index is 0.000000216. The van der Waals surface area contributed by atoms with E-state index < -0.39 is 23.4 Å². The molecule has 6 aromatic heterocycles. The number of nitrogens with zero attached hydrogens (tertiary/aromatic N) is 10. The number of carbonyl (C=O) groups excluding carboxylic acids is 7. The number of rotatable bonds is 11. The topological polar surface area (TPSA) is 298 Å². The average molecular weight is 1070 g/mol. The van der Waals surface area contributed by atoms with E-state index in [9.17, 15) is 33.6 Å². The first-order chi connectivity index (χ1) is 38.3. The molecule has 0 unspecified atom stereocenters. The lowest BCUT2D eigenvalue weighted by Crippen LogP contribution is -2.52. The van der Waals surface area contributed by atoms with Gasteiger partial charge in [-0.15, -0.1) is 0 Å². The van der Waals surface area contributed by atoms with E-state index in [0.29, 0.717) is 93.4 Å². The zero-order chi connectivity index (χ0) is 56.8. The van der Waals surface area contributed by atoms with Gasteiger partial charge in [-0.1, -0.05) is 64.1 Å². The molecule has 10 rings (SSSR count). The largest absolute Gasteiger partial charge is 0.494 e. The number of nitrogens with two attached hydrogens (primary N) is 1. The molecule has 2 aliphatic rings. The van der Waals surface area contributed by atoms with Gasteiger partial charge in [-0.2, -0.15) is 0 Å². The first-order valence-electron chi connectivity index (χ1n) is 25.5. The molecule has 5 amide bonds. The molecule has 0 aliphatic carbocycles. The van der Waals surface area contributed by atoms with Crippen LogP contribution in [0.3, 0.4) is 0 Å². The van der Waals surface area contributed by atoms with Gasteiger partial charge in [0, 0.05) is 82.8 Å². The lowest BCUT2D eigenvalue weighted by Gasteiger charge is -2.34. The number of piperazine rings is 2. The molecule has 8 aromatic rings. The quantitative estimate of drug-likeness (QED) is 0.0855. The number of benzene rings is 2. The molecule has 2 aromatic carbocycles. The fourth-order valence-corrected chi connectivity index (χ4v) is 8.72. The zero-order valence-electron chi connectivity index (χ0n) is 44.8. The van der Waals surface area contributed by atoms with E-state index in [-0.39, 0.29) is 66.7 Å². The van der Waals surface area contributed by atoms with Gasteiger partial charge >= 0.3 is 0 Å². The van der Waals surface area contributed by atoms with Crippen molar-refractivity contribution in [3.8, 4) is 34.3 Å². The third-order valence-corrected chi connectivity index (χ3v) is 12.5. The van der Waals surface area contributed by atoms with Crippen LogP contribution in [0, 0.1) is 0 Å². The first kappa shape index (κ1) is 56.8. The number of hydrogen-bond acceptors (Lipinski definition) is 16. The van der Waals surface area contributed by atoms with Crippen molar-refractivity contribution in [2.45, 2.75) is 34.6 Å². The molecule has 23 nitrogen and oxygen atoms in total. The third-order valence-electron chi connectivity index (χ3n) is 12.5. The van der Waals surface area contributed by atoms with Gasteiger partial charge in [-0.25, -0.2) is 29.9 Å². The highest BCUT2D eigenvalue weighted by atomic mass is 16.5. The molecule has 2 saturated heterocycles. The van der Waals surface area contributed by atoms with Crippen LogP contribution in [-0.4, -0.2) is 167 Å². The number of amides is 5. The number of aromatic amines is 2. The highest BCUT2D eigenvalue weighted by Gasteiger charge is 2.33. The van der Waals surface area contributed by atoms with E-state index in [4.69, 9.17) is 15.2 Å². The van der Waals surface area contributed by atoms with Crippen molar-refractivity contribution in [2.24, 2.45) is 0 Å². The summed E-state index contributed by atoms with van der Waals surface area (Å²) >= 11 is 0. The first-order valence-corrected chi connectivity index (χ1v) is 25.5. The van der Waals surface area contributed by atoms with Crippen LogP contribution in [0.1, 0.15) is 76.1 Å². The molecule has 408 valence electrons. The van der Waals surface area contributed by atoms with Crippen LogP contribution in [0.2, 0.25) is 0 Å². The molecule has 8 heterocycles. The summed E-state index contributed by atoms with van der Waals surface area (Å²) in [5.41, 5.74) is 9.73. The number of anilines is 2. The summed E-state index contributed by atoms with van der Waals surface area (Å²) in [6.45, 7) is 11.7. The monoisotopic (exact) mass is 1070 g/mol. The number of methoxy groups -OCH3 is 2. The number of ketones is 2. The molecule has 0 bridgehead atoms. The molecule has 0 radical (unpaired) electrons. The Kier molecular flexibility index (Phi) is 18.8. The Labute approximate surface area is 454 Å². The predicted molar refractivity (Wildman–Crippen MR) is 295 cm³/mol. The molecule has 0 saturated carbocycles. The third kappa shape index (κ3) is 12.5. The Morgan fingerprint density at radius 3 is 1.25 bits per heavy atom. The number of nitrogen functional groups attached to an aromatic ring is 1. The van der Waals surface area contributed by atoms with Crippen LogP contribution in [-0.2, 0) is 14.4 Å². The number of H-pyrrole nitrogens is 2. The van der Waals surface area contributed by atoms with Crippen LogP contribution in [0.4, 0.5) is 11.6 Å². The van der Waals surface area contributed by atoms with Gasteiger partial charge in [0.25, 0.3) is 35.2 Å². The average Bonchev–Trinajstić information content (AvgIpc) is 4.27. The van der Waals surface area contributed by atoms with Crippen molar-refractivity contribution in [1.29, 1.82) is 0 Å². The second-order valence-electron chi connectivity index (χ2n) is 17.1. The van der Waals surface area contributed by atoms with E-state index in [1.54, 1.807) is 46.2 Å². The number of nitrogens with one attached hydrogen (secondary N) is 3. The number of hydrogen-bond donors (Lipinski definition) is 4. The number of Topliss-reactive ketones (excluding diaryl/α,β-unsaturated/α-hetero) is 2. The van der Waals surface area contributed by atoms with Gasteiger partial charge in [0.15, 0.2) is 5.82 Å². The minimum Gasteiger partial charge on any atom is -0.494 e. The normalized spacial score (nSPS) is 12.9. The summed E-state index contributed by atoms with van der Waals surface area (Å²) in [5, 5.41) is 3.37. The maximum atomic E-state index is 13.4. The van der Waals surface area contributed by atoms with Crippen molar-refractivity contribution >= 4 is 74.5 Å². The number of pyridine rings is 2. The van der Waals surface area contributed by atoms with E-state index in [0.717, 1.165) is 0 Å². The fourth-order valence-electron chi connectivity index (χ4n) is 8.72. The van der Waals surface area contributed by atoms with E-state index in [2.05, 4.69) is 45.2 Å². The van der Waals surface area contributed by atoms with E-state index in [1.165, 1.54) is 80.5 Å². The zero-order valence-corrected chi connectivity index (χ0v) is 44.8. The second kappa shape index (κ2) is 26.2. The molecular weight excluding hydrogens is 1010 g/mol. The molecule has 2 fully saturated rings. The number of carbonyl (C=O) groups is 7.